The predicted molar refractivity (Wildman–Crippen MR) is 76.0 cm³/mol. The highest BCUT2D eigenvalue weighted by atomic mass is 79.9. The maximum atomic E-state index is 13.1. The van der Waals surface area contributed by atoms with Gasteiger partial charge in [0.25, 0.3) is 0 Å². The fraction of sp³-hybridized carbons (Fsp3) is 0.571. The molecule has 0 saturated carbocycles. The van der Waals surface area contributed by atoms with Gasteiger partial charge in [-0.2, -0.15) is 0 Å². The lowest BCUT2D eigenvalue weighted by Gasteiger charge is -2.20. The molecule has 1 aliphatic heterocycles. The summed E-state index contributed by atoms with van der Waals surface area (Å²) in [5, 5.41) is 3.37. The first-order valence-electron chi connectivity index (χ1n) is 6.59. The van der Waals surface area contributed by atoms with Crippen molar-refractivity contribution in [3.05, 3.63) is 28.5 Å². The molecular weight excluding hydrogens is 313 g/mol. The van der Waals surface area contributed by atoms with Crippen molar-refractivity contribution in [1.29, 1.82) is 0 Å². The summed E-state index contributed by atoms with van der Waals surface area (Å²) in [6, 6.07) is 4.75. The van der Waals surface area contributed by atoms with Crippen LogP contribution < -0.4 is 10.1 Å². The molecule has 2 unspecified atom stereocenters. The van der Waals surface area contributed by atoms with Crippen LogP contribution in [0.2, 0.25) is 0 Å². The molecule has 0 amide bonds. The Morgan fingerprint density at radius 1 is 1.58 bits per heavy atom. The summed E-state index contributed by atoms with van der Waals surface area (Å²) in [5.41, 5.74) is 0. The molecule has 1 aliphatic rings. The Labute approximate surface area is 121 Å². The van der Waals surface area contributed by atoms with Crippen LogP contribution in [0.1, 0.15) is 19.8 Å². The van der Waals surface area contributed by atoms with Gasteiger partial charge in [0.05, 0.1) is 10.6 Å². The van der Waals surface area contributed by atoms with Crippen LogP contribution in [0.4, 0.5) is 4.39 Å². The molecule has 2 rings (SSSR count). The third kappa shape index (κ3) is 4.44. The van der Waals surface area contributed by atoms with Crippen LogP contribution >= 0.6 is 15.9 Å². The van der Waals surface area contributed by atoms with Crippen LogP contribution in [0.15, 0.2) is 22.7 Å². The Kier molecular flexibility index (Phi) is 5.60. The molecule has 0 aromatic heterocycles. The van der Waals surface area contributed by atoms with E-state index in [4.69, 9.17) is 9.47 Å². The van der Waals surface area contributed by atoms with E-state index in [1.165, 1.54) is 12.1 Å². The molecule has 0 aliphatic carbocycles. The third-order valence-corrected chi connectivity index (χ3v) is 3.90. The van der Waals surface area contributed by atoms with Crippen molar-refractivity contribution in [2.75, 3.05) is 19.8 Å². The molecule has 0 radical (unpaired) electrons. The van der Waals surface area contributed by atoms with Gasteiger partial charge in [0, 0.05) is 25.3 Å². The number of hydrogen-bond donors (Lipinski definition) is 1. The molecule has 1 fully saturated rings. The van der Waals surface area contributed by atoms with Crippen molar-refractivity contribution in [2.24, 2.45) is 0 Å². The molecule has 0 spiro atoms. The Morgan fingerprint density at radius 2 is 2.42 bits per heavy atom. The fourth-order valence-corrected chi connectivity index (χ4v) is 2.52. The van der Waals surface area contributed by atoms with Crippen LogP contribution in [0.25, 0.3) is 0 Å². The number of benzene rings is 1. The number of hydrogen-bond acceptors (Lipinski definition) is 3. The highest BCUT2D eigenvalue weighted by molar-refractivity contribution is 9.10. The molecular formula is C14H19BrFNO2. The zero-order valence-electron chi connectivity index (χ0n) is 11.0. The monoisotopic (exact) mass is 331 g/mol. The topological polar surface area (TPSA) is 30.5 Å². The quantitative estimate of drug-likeness (QED) is 0.812. The van der Waals surface area contributed by atoms with Crippen LogP contribution in [0.3, 0.4) is 0 Å². The molecule has 106 valence electrons. The van der Waals surface area contributed by atoms with E-state index in [2.05, 4.69) is 28.2 Å². The van der Waals surface area contributed by atoms with E-state index in [1.54, 1.807) is 6.07 Å². The minimum Gasteiger partial charge on any atom is -0.491 e. The molecule has 19 heavy (non-hydrogen) atoms. The van der Waals surface area contributed by atoms with Crippen molar-refractivity contribution < 1.29 is 13.9 Å². The van der Waals surface area contributed by atoms with E-state index in [0.717, 1.165) is 23.9 Å². The van der Waals surface area contributed by atoms with Gasteiger partial charge in [0.15, 0.2) is 0 Å². The van der Waals surface area contributed by atoms with Gasteiger partial charge < -0.3 is 14.8 Å². The smallest absolute Gasteiger partial charge is 0.136 e. The SMILES string of the molecule is CC(NCCOc1cc(F)ccc1Br)C1CCCO1. The Balaban J connectivity index is 1.70. The first-order valence-corrected chi connectivity index (χ1v) is 7.39. The molecule has 3 nitrogen and oxygen atoms in total. The maximum absolute atomic E-state index is 13.1. The highest BCUT2D eigenvalue weighted by Gasteiger charge is 2.21. The summed E-state index contributed by atoms with van der Waals surface area (Å²) >= 11 is 3.33. The van der Waals surface area contributed by atoms with E-state index >= 15 is 0 Å². The highest BCUT2D eigenvalue weighted by Crippen LogP contribution is 2.25. The number of nitrogens with one attached hydrogen (secondary N) is 1. The lowest BCUT2D eigenvalue weighted by molar-refractivity contribution is 0.0824. The van der Waals surface area contributed by atoms with Gasteiger partial charge >= 0.3 is 0 Å². The largest absolute Gasteiger partial charge is 0.491 e. The van der Waals surface area contributed by atoms with Crippen molar-refractivity contribution in [2.45, 2.75) is 31.9 Å². The van der Waals surface area contributed by atoms with E-state index in [-0.39, 0.29) is 5.82 Å². The summed E-state index contributed by atoms with van der Waals surface area (Å²) in [7, 11) is 0. The normalized spacial score (nSPS) is 20.5. The van der Waals surface area contributed by atoms with Crippen molar-refractivity contribution >= 4 is 15.9 Å². The van der Waals surface area contributed by atoms with Crippen molar-refractivity contribution in [1.82, 2.24) is 5.32 Å². The summed E-state index contributed by atoms with van der Waals surface area (Å²) in [5.74, 6) is 0.241. The van der Waals surface area contributed by atoms with Crippen molar-refractivity contribution in [3.63, 3.8) is 0 Å². The zero-order valence-corrected chi connectivity index (χ0v) is 12.6. The summed E-state index contributed by atoms with van der Waals surface area (Å²) in [4.78, 5) is 0. The minimum absolute atomic E-state index is 0.293. The lowest BCUT2D eigenvalue weighted by atomic mass is 10.1. The fourth-order valence-electron chi connectivity index (χ4n) is 2.16. The zero-order chi connectivity index (χ0) is 13.7. The first kappa shape index (κ1) is 14.8. The van der Waals surface area contributed by atoms with Crippen LogP contribution in [0, 0.1) is 5.82 Å². The van der Waals surface area contributed by atoms with E-state index in [0.29, 0.717) is 31.0 Å². The van der Waals surface area contributed by atoms with Crippen LogP contribution in [0.5, 0.6) is 5.75 Å². The molecule has 0 bridgehead atoms. The second-order valence-corrected chi connectivity index (χ2v) is 5.57. The standard InChI is InChI=1S/C14H19BrFNO2/c1-10(13-3-2-7-18-13)17-6-8-19-14-9-11(16)4-5-12(14)15/h4-5,9-10,13,17H,2-3,6-8H2,1H3. The number of ether oxygens (including phenoxy) is 2. The average molecular weight is 332 g/mol. The summed E-state index contributed by atoms with van der Waals surface area (Å²) in [6.07, 6.45) is 2.56. The van der Waals surface area contributed by atoms with E-state index < -0.39 is 0 Å². The second-order valence-electron chi connectivity index (χ2n) is 4.72. The second kappa shape index (κ2) is 7.22. The molecule has 1 heterocycles. The average Bonchev–Trinajstić information content (AvgIpc) is 2.92. The van der Waals surface area contributed by atoms with Gasteiger partial charge in [-0.05, 0) is 47.8 Å². The lowest BCUT2D eigenvalue weighted by Crippen LogP contribution is -2.39. The summed E-state index contributed by atoms with van der Waals surface area (Å²) in [6.45, 7) is 4.20. The van der Waals surface area contributed by atoms with Crippen LogP contribution in [-0.2, 0) is 4.74 Å². The maximum Gasteiger partial charge on any atom is 0.136 e. The third-order valence-electron chi connectivity index (χ3n) is 3.24. The van der Waals surface area contributed by atoms with E-state index in [9.17, 15) is 4.39 Å². The molecule has 5 heteroatoms. The van der Waals surface area contributed by atoms with Gasteiger partial charge in [-0.1, -0.05) is 0 Å². The van der Waals surface area contributed by atoms with Crippen molar-refractivity contribution in [3.8, 4) is 5.75 Å². The van der Waals surface area contributed by atoms with E-state index in [1.807, 2.05) is 0 Å². The number of halogens is 2. The van der Waals surface area contributed by atoms with Crippen LogP contribution in [-0.4, -0.2) is 31.9 Å². The Morgan fingerprint density at radius 3 is 3.16 bits per heavy atom. The minimum atomic E-state index is -0.293. The van der Waals surface area contributed by atoms with Gasteiger partial charge in [0.1, 0.15) is 18.2 Å². The van der Waals surface area contributed by atoms with Gasteiger partial charge in [-0.25, -0.2) is 4.39 Å². The first-order chi connectivity index (χ1) is 9.16. The predicted octanol–water partition coefficient (Wildman–Crippen LogP) is 3.12. The molecule has 1 aromatic rings. The Hall–Kier alpha value is -0.650. The van der Waals surface area contributed by atoms with Gasteiger partial charge in [0.2, 0.25) is 0 Å². The molecule has 1 saturated heterocycles. The molecule has 1 aromatic carbocycles. The summed E-state index contributed by atoms with van der Waals surface area (Å²) < 4.78 is 25.0. The molecule has 1 N–H and O–H groups in total. The van der Waals surface area contributed by atoms with Gasteiger partial charge in [-0.15, -0.1) is 0 Å². The number of rotatable bonds is 6. The Bertz CT molecular complexity index is 410. The van der Waals surface area contributed by atoms with Gasteiger partial charge in [-0.3, -0.25) is 0 Å². The molecule has 2 atom stereocenters.